The maximum Gasteiger partial charge on any atom is 0.410 e. The molecule has 0 spiro atoms. The van der Waals surface area contributed by atoms with Crippen LogP contribution in [0.1, 0.15) is 5.56 Å². The molecule has 2 aliphatic heterocycles. The lowest BCUT2D eigenvalue weighted by Crippen LogP contribution is -2.54. The molecule has 1 aromatic rings. The Bertz CT molecular complexity index is 559. The lowest BCUT2D eigenvalue weighted by atomic mass is 10.2. The lowest BCUT2D eigenvalue weighted by Gasteiger charge is -2.35. The first-order valence-corrected chi connectivity index (χ1v) is 8.18. The Labute approximate surface area is 141 Å². The van der Waals surface area contributed by atoms with Crippen LogP contribution in [0.3, 0.4) is 0 Å². The molecule has 1 unspecified atom stereocenters. The highest BCUT2D eigenvalue weighted by Crippen LogP contribution is 2.12. The molecule has 1 aromatic carbocycles. The number of morpholine rings is 2. The summed E-state index contributed by atoms with van der Waals surface area (Å²) in [4.78, 5) is 28.0. The van der Waals surface area contributed by atoms with Gasteiger partial charge in [-0.3, -0.25) is 4.79 Å². The first-order valence-electron chi connectivity index (χ1n) is 8.18. The van der Waals surface area contributed by atoms with Crippen LogP contribution in [0.2, 0.25) is 0 Å². The molecule has 24 heavy (non-hydrogen) atoms. The van der Waals surface area contributed by atoms with Gasteiger partial charge < -0.3 is 24.0 Å². The standard InChI is InChI=1S/C17H22N2O5/c20-16(18-6-9-22-10-7-18)15-12-19(8-11-23-15)17(21)24-13-14-4-2-1-3-5-14/h1-5,15H,6-13H2. The molecule has 2 heterocycles. The fourth-order valence-electron chi connectivity index (χ4n) is 2.76. The van der Waals surface area contributed by atoms with Gasteiger partial charge in [-0.15, -0.1) is 0 Å². The minimum Gasteiger partial charge on any atom is -0.445 e. The Balaban J connectivity index is 1.50. The largest absolute Gasteiger partial charge is 0.445 e. The zero-order valence-electron chi connectivity index (χ0n) is 13.6. The SMILES string of the molecule is O=C(OCc1ccccc1)N1CCOC(C(=O)N2CCOCC2)C1. The maximum absolute atomic E-state index is 12.5. The zero-order valence-corrected chi connectivity index (χ0v) is 13.6. The van der Waals surface area contributed by atoms with Crippen molar-refractivity contribution in [3.8, 4) is 0 Å². The lowest BCUT2D eigenvalue weighted by molar-refractivity contribution is -0.152. The topological polar surface area (TPSA) is 68.3 Å². The number of amides is 2. The molecule has 0 N–H and O–H groups in total. The third-order valence-corrected chi connectivity index (χ3v) is 4.13. The zero-order chi connectivity index (χ0) is 16.8. The minimum absolute atomic E-state index is 0.0844. The monoisotopic (exact) mass is 334 g/mol. The van der Waals surface area contributed by atoms with Gasteiger partial charge in [0.25, 0.3) is 5.91 Å². The van der Waals surface area contributed by atoms with Crippen LogP contribution in [0.5, 0.6) is 0 Å². The van der Waals surface area contributed by atoms with Crippen molar-refractivity contribution in [2.75, 3.05) is 46.0 Å². The summed E-state index contributed by atoms with van der Waals surface area (Å²) >= 11 is 0. The average molecular weight is 334 g/mol. The molecule has 7 nitrogen and oxygen atoms in total. The number of carbonyl (C=O) groups excluding carboxylic acids is 2. The predicted octanol–water partition coefficient (Wildman–Crippen LogP) is 0.883. The van der Waals surface area contributed by atoms with Crippen molar-refractivity contribution in [3.63, 3.8) is 0 Å². The van der Waals surface area contributed by atoms with Gasteiger partial charge in [0.15, 0.2) is 6.10 Å². The number of carbonyl (C=O) groups is 2. The van der Waals surface area contributed by atoms with E-state index in [1.165, 1.54) is 4.90 Å². The predicted molar refractivity (Wildman–Crippen MR) is 85.3 cm³/mol. The van der Waals surface area contributed by atoms with E-state index in [0.717, 1.165) is 5.56 Å². The summed E-state index contributed by atoms with van der Waals surface area (Å²) in [6.07, 6.45) is -1.04. The third-order valence-electron chi connectivity index (χ3n) is 4.13. The number of benzene rings is 1. The number of hydrogen-bond donors (Lipinski definition) is 0. The van der Waals surface area contributed by atoms with E-state index >= 15 is 0 Å². The Hall–Kier alpha value is -2.12. The van der Waals surface area contributed by atoms with Crippen LogP contribution in [0.4, 0.5) is 4.79 Å². The van der Waals surface area contributed by atoms with Gasteiger partial charge in [0.1, 0.15) is 6.61 Å². The third kappa shape index (κ3) is 4.24. The van der Waals surface area contributed by atoms with Gasteiger partial charge in [-0.2, -0.15) is 0 Å². The van der Waals surface area contributed by atoms with Crippen LogP contribution < -0.4 is 0 Å². The second-order valence-electron chi connectivity index (χ2n) is 5.78. The first-order chi connectivity index (χ1) is 11.7. The molecule has 2 amide bonds. The number of hydrogen-bond acceptors (Lipinski definition) is 5. The molecular weight excluding hydrogens is 312 g/mol. The maximum atomic E-state index is 12.5. The van der Waals surface area contributed by atoms with Crippen molar-refractivity contribution >= 4 is 12.0 Å². The highest BCUT2D eigenvalue weighted by Gasteiger charge is 2.33. The molecule has 130 valence electrons. The van der Waals surface area contributed by atoms with Crippen LogP contribution in [-0.4, -0.2) is 73.9 Å². The summed E-state index contributed by atoms with van der Waals surface area (Å²) in [6.45, 7) is 3.43. The van der Waals surface area contributed by atoms with Crippen LogP contribution in [0, 0.1) is 0 Å². The van der Waals surface area contributed by atoms with Crippen molar-refractivity contribution in [1.82, 2.24) is 9.80 Å². The summed E-state index contributed by atoms with van der Waals surface area (Å²) < 4.78 is 16.1. The highest BCUT2D eigenvalue weighted by atomic mass is 16.6. The van der Waals surface area contributed by atoms with E-state index in [1.807, 2.05) is 30.3 Å². The highest BCUT2D eigenvalue weighted by molar-refractivity contribution is 5.82. The van der Waals surface area contributed by atoms with Crippen molar-refractivity contribution < 1.29 is 23.8 Å². The fraction of sp³-hybridized carbons (Fsp3) is 0.529. The quantitative estimate of drug-likeness (QED) is 0.821. The minimum atomic E-state index is -0.624. The molecular formula is C17H22N2O5. The van der Waals surface area contributed by atoms with Gasteiger partial charge in [0, 0.05) is 19.6 Å². The summed E-state index contributed by atoms with van der Waals surface area (Å²) in [5.74, 6) is -0.0844. The Kier molecular flexibility index (Phi) is 5.66. The molecule has 3 rings (SSSR count). The summed E-state index contributed by atoms with van der Waals surface area (Å²) in [5.41, 5.74) is 0.931. The van der Waals surface area contributed by atoms with Crippen molar-refractivity contribution in [3.05, 3.63) is 35.9 Å². The summed E-state index contributed by atoms with van der Waals surface area (Å²) in [7, 11) is 0. The van der Waals surface area contributed by atoms with Crippen molar-refractivity contribution in [2.45, 2.75) is 12.7 Å². The Morgan fingerprint density at radius 2 is 1.75 bits per heavy atom. The summed E-state index contributed by atoms with van der Waals surface area (Å²) in [5, 5.41) is 0. The van der Waals surface area contributed by atoms with E-state index in [-0.39, 0.29) is 19.1 Å². The van der Waals surface area contributed by atoms with E-state index in [4.69, 9.17) is 14.2 Å². The van der Waals surface area contributed by atoms with E-state index in [2.05, 4.69) is 0 Å². The molecule has 1 atom stereocenters. The fourth-order valence-corrected chi connectivity index (χ4v) is 2.76. The van der Waals surface area contributed by atoms with E-state index in [1.54, 1.807) is 4.90 Å². The van der Waals surface area contributed by atoms with Crippen molar-refractivity contribution in [1.29, 1.82) is 0 Å². The van der Waals surface area contributed by atoms with E-state index in [0.29, 0.717) is 39.5 Å². The normalized spacial score (nSPS) is 21.4. The van der Waals surface area contributed by atoms with Gasteiger partial charge in [-0.1, -0.05) is 30.3 Å². The van der Waals surface area contributed by atoms with E-state index in [9.17, 15) is 9.59 Å². The molecule has 2 saturated heterocycles. The molecule has 0 radical (unpaired) electrons. The van der Waals surface area contributed by atoms with Gasteiger partial charge in [0.2, 0.25) is 0 Å². The molecule has 7 heteroatoms. The van der Waals surface area contributed by atoms with Gasteiger partial charge in [-0.05, 0) is 5.56 Å². The number of rotatable bonds is 3. The Morgan fingerprint density at radius 3 is 2.50 bits per heavy atom. The van der Waals surface area contributed by atoms with E-state index < -0.39 is 12.2 Å². The van der Waals surface area contributed by atoms with Crippen LogP contribution in [-0.2, 0) is 25.6 Å². The van der Waals surface area contributed by atoms with Crippen LogP contribution >= 0.6 is 0 Å². The molecule has 0 aromatic heterocycles. The summed E-state index contributed by atoms with van der Waals surface area (Å²) in [6, 6.07) is 9.51. The van der Waals surface area contributed by atoms with Crippen LogP contribution in [0.25, 0.3) is 0 Å². The van der Waals surface area contributed by atoms with Gasteiger partial charge >= 0.3 is 6.09 Å². The number of ether oxygens (including phenoxy) is 3. The molecule has 2 fully saturated rings. The molecule has 0 saturated carbocycles. The average Bonchev–Trinajstić information content (AvgIpc) is 2.67. The molecule has 2 aliphatic rings. The van der Waals surface area contributed by atoms with Crippen molar-refractivity contribution in [2.24, 2.45) is 0 Å². The number of nitrogens with zero attached hydrogens (tertiary/aromatic N) is 2. The second-order valence-corrected chi connectivity index (χ2v) is 5.78. The Morgan fingerprint density at radius 1 is 1.04 bits per heavy atom. The smallest absolute Gasteiger partial charge is 0.410 e. The second kappa shape index (κ2) is 8.12. The van der Waals surface area contributed by atoms with Gasteiger partial charge in [0.05, 0.1) is 26.4 Å². The van der Waals surface area contributed by atoms with Crippen LogP contribution in [0.15, 0.2) is 30.3 Å². The first kappa shape index (κ1) is 16.7. The van der Waals surface area contributed by atoms with Gasteiger partial charge in [-0.25, -0.2) is 4.79 Å². The molecule has 0 aliphatic carbocycles. The molecule has 0 bridgehead atoms.